The lowest BCUT2D eigenvalue weighted by molar-refractivity contribution is -0.0389. The Kier molecular flexibility index (Phi) is 4.96. The molecular formula is C26H21ClFN3O4. The third-order valence-corrected chi connectivity index (χ3v) is 7.15. The van der Waals surface area contributed by atoms with Crippen LogP contribution in [0.2, 0.25) is 5.02 Å². The first kappa shape index (κ1) is 21.9. The molecule has 7 nitrogen and oxygen atoms in total. The number of fused-ring (bicyclic) bond motifs is 3. The first-order valence-electron chi connectivity index (χ1n) is 11.4. The average Bonchev–Trinajstić information content (AvgIpc) is 3.49. The second-order valence-electron chi connectivity index (χ2n) is 9.13. The Morgan fingerprint density at radius 2 is 1.97 bits per heavy atom. The third-order valence-electron chi connectivity index (χ3n) is 6.92. The summed E-state index contributed by atoms with van der Waals surface area (Å²) >= 11 is 6.26. The molecule has 1 fully saturated rings. The van der Waals surface area contributed by atoms with Crippen LogP contribution in [0.4, 0.5) is 4.39 Å². The standard InChI is InChI=1S/C26H21ClFN3O4/c1-15-10-18(35-29-15)13-31-14-21(19-4-2-16(27)11-23(19)31)24(32)30-8-6-26(7-9-30)22-5-3-17(28)12-20(22)25(33)34-26/h2-5,10-12,14H,6-9,13H2,1H3. The van der Waals surface area contributed by atoms with Crippen LogP contribution in [-0.2, 0) is 16.9 Å². The number of likely N-dealkylation sites (tertiary alicyclic amines) is 1. The van der Waals surface area contributed by atoms with Gasteiger partial charge < -0.3 is 18.7 Å². The fourth-order valence-corrected chi connectivity index (χ4v) is 5.37. The summed E-state index contributed by atoms with van der Waals surface area (Å²) in [7, 11) is 0. The van der Waals surface area contributed by atoms with Gasteiger partial charge in [-0.3, -0.25) is 4.79 Å². The second-order valence-corrected chi connectivity index (χ2v) is 9.57. The highest BCUT2D eigenvalue weighted by Gasteiger charge is 2.48. The predicted octanol–water partition coefficient (Wildman–Crippen LogP) is 5.08. The van der Waals surface area contributed by atoms with Crippen molar-refractivity contribution in [2.75, 3.05) is 13.1 Å². The molecule has 2 aliphatic rings. The van der Waals surface area contributed by atoms with Gasteiger partial charge in [-0.2, -0.15) is 0 Å². The molecule has 0 saturated carbocycles. The van der Waals surface area contributed by atoms with E-state index < -0.39 is 17.4 Å². The van der Waals surface area contributed by atoms with E-state index in [0.717, 1.165) is 16.6 Å². The highest BCUT2D eigenvalue weighted by molar-refractivity contribution is 6.31. The Morgan fingerprint density at radius 1 is 1.17 bits per heavy atom. The number of esters is 1. The van der Waals surface area contributed by atoms with E-state index in [0.29, 0.717) is 54.4 Å². The summed E-state index contributed by atoms with van der Waals surface area (Å²) in [6, 6.07) is 11.5. The van der Waals surface area contributed by atoms with Crippen molar-refractivity contribution in [3.8, 4) is 0 Å². The van der Waals surface area contributed by atoms with Gasteiger partial charge in [0.1, 0.15) is 11.4 Å². The van der Waals surface area contributed by atoms with E-state index in [9.17, 15) is 14.0 Å². The minimum Gasteiger partial charge on any atom is -0.450 e. The molecule has 0 radical (unpaired) electrons. The highest BCUT2D eigenvalue weighted by atomic mass is 35.5. The molecule has 35 heavy (non-hydrogen) atoms. The molecule has 1 saturated heterocycles. The summed E-state index contributed by atoms with van der Waals surface area (Å²) in [6.45, 7) is 3.08. The quantitative estimate of drug-likeness (QED) is 0.372. The van der Waals surface area contributed by atoms with E-state index in [1.165, 1.54) is 12.1 Å². The van der Waals surface area contributed by atoms with Gasteiger partial charge in [0.2, 0.25) is 0 Å². The van der Waals surface area contributed by atoms with E-state index >= 15 is 0 Å². The van der Waals surface area contributed by atoms with Crippen LogP contribution in [0.15, 0.2) is 53.2 Å². The Balaban J connectivity index is 1.28. The molecule has 1 spiro atoms. The summed E-state index contributed by atoms with van der Waals surface area (Å²) < 4.78 is 26.7. The van der Waals surface area contributed by atoms with Crippen LogP contribution in [-0.4, -0.2) is 39.6 Å². The van der Waals surface area contributed by atoms with Crippen molar-refractivity contribution in [3.05, 3.63) is 87.6 Å². The van der Waals surface area contributed by atoms with Gasteiger partial charge in [-0.05, 0) is 31.2 Å². The maximum Gasteiger partial charge on any atom is 0.339 e. The minimum absolute atomic E-state index is 0.108. The number of aryl methyl sites for hydroxylation is 1. The molecule has 2 aromatic carbocycles. The zero-order valence-corrected chi connectivity index (χ0v) is 19.6. The van der Waals surface area contributed by atoms with E-state index in [2.05, 4.69) is 5.16 Å². The van der Waals surface area contributed by atoms with Crippen molar-refractivity contribution in [3.63, 3.8) is 0 Å². The Labute approximate surface area is 205 Å². The first-order valence-corrected chi connectivity index (χ1v) is 11.7. The van der Waals surface area contributed by atoms with Crippen LogP contribution in [0.3, 0.4) is 0 Å². The molecule has 0 atom stereocenters. The molecule has 1 amide bonds. The Bertz CT molecular complexity index is 1500. The van der Waals surface area contributed by atoms with Gasteiger partial charge in [-0.25, -0.2) is 9.18 Å². The maximum atomic E-state index is 13.7. The molecule has 4 heterocycles. The molecule has 6 rings (SSSR count). The number of halogens is 2. The van der Waals surface area contributed by atoms with Crippen LogP contribution >= 0.6 is 11.6 Å². The molecule has 0 unspecified atom stereocenters. The van der Waals surface area contributed by atoms with Crippen LogP contribution in [0.1, 0.15) is 50.6 Å². The number of piperidine rings is 1. The fourth-order valence-electron chi connectivity index (χ4n) is 5.21. The smallest absolute Gasteiger partial charge is 0.339 e. The Hall–Kier alpha value is -3.65. The van der Waals surface area contributed by atoms with Gasteiger partial charge in [-0.1, -0.05) is 28.9 Å². The van der Waals surface area contributed by atoms with Crippen LogP contribution in [0.5, 0.6) is 0 Å². The molecule has 2 aliphatic heterocycles. The van der Waals surface area contributed by atoms with Gasteiger partial charge in [-0.15, -0.1) is 0 Å². The van der Waals surface area contributed by atoms with Crippen LogP contribution in [0, 0.1) is 12.7 Å². The van der Waals surface area contributed by atoms with Gasteiger partial charge in [0.15, 0.2) is 5.76 Å². The highest BCUT2D eigenvalue weighted by Crippen LogP contribution is 2.44. The number of rotatable bonds is 3. The molecule has 0 N–H and O–H groups in total. The summed E-state index contributed by atoms with van der Waals surface area (Å²) in [5.74, 6) is -0.413. The summed E-state index contributed by atoms with van der Waals surface area (Å²) in [5.41, 5.74) is 2.32. The van der Waals surface area contributed by atoms with Crippen molar-refractivity contribution < 1.29 is 23.2 Å². The topological polar surface area (TPSA) is 77.6 Å². The first-order chi connectivity index (χ1) is 16.8. The van der Waals surface area contributed by atoms with Crippen molar-refractivity contribution in [2.24, 2.45) is 0 Å². The number of nitrogens with zero attached hydrogens (tertiary/aromatic N) is 3. The fraction of sp³-hybridized carbons (Fsp3) is 0.269. The van der Waals surface area contributed by atoms with E-state index in [-0.39, 0.29) is 11.5 Å². The number of hydrogen-bond acceptors (Lipinski definition) is 5. The van der Waals surface area contributed by atoms with Gasteiger partial charge >= 0.3 is 5.97 Å². The van der Waals surface area contributed by atoms with Crippen molar-refractivity contribution in [2.45, 2.75) is 31.9 Å². The van der Waals surface area contributed by atoms with Gasteiger partial charge in [0.25, 0.3) is 5.91 Å². The SMILES string of the molecule is Cc1cc(Cn2cc(C(=O)N3CCC4(CC3)OC(=O)c3cc(F)ccc34)c3ccc(Cl)cc32)on1. The number of benzene rings is 2. The second kappa shape index (κ2) is 7.95. The lowest BCUT2D eigenvalue weighted by Crippen LogP contribution is -2.45. The lowest BCUT2D eigenvalue weighted by Gasteiger charge is -2.38. The zero-order chi connectivity index (χ0) is 24.3. The molecule has 0 bridgehead atoms. The number of aromatic nitrogens is 2. The predicted molar refractivity (Wildman–Crippen MR) is 126 cm³/mol. The molecule has 2 aromatic heterocycles. The maximum absolute atomic E-state index is 13.7. The van der Waals surface area contributed by atoms with Crippen LogP contribution < -0.4 is 0 Å². The lowest BCUT2D eigenvalue weighted by atomic mass is 9.83. The number of carbonyl (C=O) groups excluding carboxylic acids is 2. The zero-order valence-electron chi connectivity index (χ0n) is 18.9. The molecule has 178 valence electrons. The van der Waals surface area contributed by atoms with E-state index in [1.807, 2.05) is 35.9 Å². The minimum atomic E-state index is -0.817. The number of ether oxygens (including phenoxy) is 1. The molecule has 4 aromatic rings. The average molecular weight is 494 g/mol. The molecular weight excluding hydrogens is 473 g/mol. The van der Waals surface area contributed by atoms with E-state index in [4.69, 9.17) is 20.9 Å². The van der Waals surface area contributed by atoms with Crippen molar-refractivity contribution in [1.82, 2.24) is 14.6 Å². The molecule has 0 aliphatic carbocycles. The largest absolute Gasteiger partial charge is 0.450 e. The van der Waals surface area contributed by atoms with Crippen molar-refractivity contribution in [1.29, 1.82) is 0 Å². The van der Waals surface area contributed by atoms with Gasteiger partial charge in [0.05, 0.1) is 28.9 Å². The third kappa shape index (κ3) is 3.60. The number of carbonyl (C=O) groups is 2. The normalized spacial score (nSPS) is 16.7. The van der Waals surface area contributed by atoms with Gasteiger partial charge in [0, 0.05) is 54.2 Å². The summed E-state index contributed by atoms with van der Waals surface area (Å²) in [4.78, 5) is 27.7. The summed E-state index contributed by atoms with van der Waals surface area (Å²) in [5, 5.41) is 5.31. The number of amides is 1. The van der Waals surface area contributed by atoms with Crippen molar-refractivity contribution >= 4 is 34.4 Å². The summed E-state index contributed by atoms with van der Waals surface area (Å²) in [6.07, 6.45) is 2.72. The monoisotopic (exact) mass is 493 g/mol. The molecule has 9 heteroatoms. The van der Waals surface area contributed by atoms with Crippen LogP contribution in [0.25, 0.3) is 10.9 Å². The number of hydrogen-bond donors (Lipinski definition) is 0. The van der Waals surface area contributed by atoms with E-state index in [1.54, 1.807) is 17.0 Å². The Morgan fingerprint density at radius 3 is 2.71 bits per heavy atom.